The first-order valence-corrected chi connectivity index (χ1v) is 10.7. The minimum absolute atomic E-state index is 0.232. The van der Waals surface area contributed by atoms with Gasteiger partial charge >= 0.3 is 0 Å². The summed E-state index contributed by atoms with van der Waals surface area (Å²) in [5, 5.41) is 14.7. The molecule has 0 spiro atoms. The molecule has 3 heterocycles. The van der Waals surface area contributed by atoms with Crippen LogP contribution < -0.4 is 10.2 Å². The van der Waals surface area contributed by atoms with Gasteiger partial charge in [-0.25, -0.2) is 9.50 Å². The number of H-pyrrole nitrogens is 1. The zero-order valence-electron chi connectivity index (χ0n) is 17.7. The summed E-state index contributed by atoms with van der Waals surface area (Å²) in [7, 11) is 1.98. The Balaban J connectivity index is 1.53. The Kier molecular flexibility index (Phi) is 5.50. The molecule has 0 fully saturated rings. The van der Waals surface area contributed by atoms with Crippen LogP contribution in [0.25, 0.3) is 16.9 Å². The zero-order valence-corrected chi connectivity index (χ0v) is 18.5. The quantitative estimate of drug-likeness (QED) is 0.387. The van der Waals surface area contributed by atoms with Crippen molar-refractivity contribution in [3.63, 3.8) is 0 Å². The number of halogens is 1. The number of hydrogen-bond acceptors (Lipinski definition) is 5. The van der Waals surface area contributed by atoms with Gasteiger partial charge in [0, 0.05) is 37.5 Å². The van der Waals surface area contributed by atoms with Gasteiger partial charge in [-0.1, -0.05) is 54.1 Å². The van der Waals surface area contributed by atoms with Gasteiger partial charge in [0.2, 0.25) is 0 Å². The van der Waals surface area contributed by atoms with E-state index in [1.54, 1.807) is 47.2 Å². The molecule has 0 aliphatic rings. The van der Waals surface area contributed by atoms with Crippen LogP contribution >= 0.6 is 11.6 Å². The van der Waals surface area contributed by atoms with Crippen LogP contribution in [0.5, 0.6) is 0 Å². The van der Waals surface area contributed by atoms with Crippen LogP contribution in [0, 0.1) is 0 Å². The number of anilines is 2. The van der Waals surface area contributed by atoms with Gasteiger partial charge in [0.05, 0.1) is 22.6 Å². The number of carbonyl (C=O) groups excluding carboxylic acids is 1. The van der Waals surface area contributed by atoms with E-state index in [9.17, 15) is 4.79 Å². The van der Waals surface area contributed by atoms with Gasteiger partial charge < -0.3 is 10.2 Å². The second-order valence-corrected chi connectivity index (χ2v) is 7.97. The first-order valence-electron chi connectivity index (χ1n) is 10.3. The number of nitrogens with one attached hydrogen (secondary N) is 2. The van der Waals surface area contributed by atoms with Crippen molar-refractivity contribution in [3.8, 4) is 11.3 Å². The van der Waals surface area contributed by atoms with Crippen molar-refractivity contribution >= 4 is 34.7 Å². The van der Waals surface area contributed by atoms with Crippen molar-refractivity contribution in [3.05, 3.63) is 95.4 Å². The number of nitrogens with zero attached hydrogens (tertiary/aromatic N) is 5. The van der Waals surface area contributed by atoms with Gasteiger partial charge in [-0.2, -0.15) is 10.2 Å². The second kappa shape index (κ2) is 8.76. The lowest BCUT2D eigenvalue weighted by Crippen LogP contribution is -2.18. The molecule has 2 aromatic carbocycles. The highest BCUT2D eigenvalue weighted by Gasteiger charge is 2.18. The number of hydrogen-bond donors (Lipinski definition) is 2. The molecule has 0 saturated carbocycles. The zero-order chi connectivity index (χ0) is 22.8. The summed E-state index contributed by atoms with van der Waals surface area (Å²) >= 11 is 6.18. The van der Waals surface area contributed by atoms with E-state index in [4.69, 9.17) is 16.6 Å². The van der Waals surface area contributed by atoms with Gasteiger partial charge in [-0.15, -0.1) is 0 Å². The first kappa shape index (κ1) is 20.7. The number of carbonyl (C=O) groups is 1. The van der Waals surface area contributed by atoms with E-state index in [1.165, 1.54) is 5.56 Å². The summed E-state index contributed by atoms with van der Waals surface area (Å²) in [6.07, 6.45) is 3.49. The predicted molar refractivity (Wildman–Crippen MR) is 129 cm³/mol. The lowest BCUT2D eigenvalue weighted by atomic mass is 10.2. The number of aromatic amines is 1. The molecule has 5 aromatic rings. The molecular weight excluding hydrogens is 438 g/mol. The fourth-order valence-electron chi connectivity index (χ4n) is 3.55. The molecule has 3 aromatic heterocycles. The van der Waals surface area contributed by atoms with Gasteiger partial charge in [-0.3, -0.25) is 9.89 Å². The summed E-state index contributed by atoms with van der Waals surface area (Å²) in [4.78, 5) is 19.7. The fraction of sp³-hybridized carbons (Fsp3) is 0.0833. The van der Waals surface area contributed by atoms with Crippen molar-refractivity contribution in [1.29, 1.82) is 0 Å². The standard InChI is InChI=1S/C24H20ClN7O/c1-31(15-16-7-3-2-4-8-16)22-12-21(17-13-26-27-14-17)32-23(29-22)11-20(30-32)24(33)28-19-10-6-5-9-18(19)25/h2-14H,15H2,1H3,(H,26,27)(H,28,33). The molecule has 164 valence electrons. The number of para-hydroxylation sites is 1. The lowest BCUT2D eigenvalue weighted by Gasteiger charge is -2.19. The van der Waals surface area contributed by atoms with Crippen molar-refractivity contribution in [2.24, 2.45) is 0 Å². The third-order valence-corrected chi connectivity index (χ3v) is 5.55. The van der Waals surface area contributed by atoms with E-state index in [2.05, 4.69) is 37.6 Å². The van der Waals surface area contributed by atoms with E-state index >= 15 is 0 Å². The molecule has 0 unspecified atom stereocenters. The average Bonchev–Trinajstić information content (AvgIpc) is 3.51. The molecule has 0 radical (unpaired) electrons. The normalized spacial score (nSPS) is 11.0. The molecule has 0 bridgehead atoms. The smallest absolute Gasteiger partial charge is 0.276 e. The Labute approximate surface area is 194 Å². The van der Waals surface area contributed by atoms with Crippen LogP contribution in [0.1, 0.15) is 16.1 Å². The summed E-state index contributed by atoms with van der Waals surface area (Å²) < 4.78 is 1.65. The molecule has 9 heteroatoms. The maximum Gasteiger partial charge on any atom is 0.276 e. The van der Waals surface area contributed by atoms with Crippen molar-refractivity contribution in [1.82, 2.24) is 24.8 Å². The Hall–Kier alpha value is -4.17. The van der Waals surface area contributed by atoms with Crippen LogP contribution in [0.3, 0.4) is 0 Å². The molecule has 5 rings (SSSR count). The van der Waals surface area contributed by atoms with Crippen LogP contribution in [0.15, 0.2) is 79.1 Å². The lowest BCUT2D eigenvalue weighted by molar-refractivity contribution is 0.102. The van der Waals surface area contributed by atoms with E-state index in [0.29, 0.717) is 22.9 Å². The number of amides is 1. The monoisotopic (exact) mass is 457 g/mol. The Morgan fingerprint density at radius 2 is 1.91 bits per heavy atom. The van der Waals surface area contributed by atoms with Crippen molar-refractivity contribution in [2.45, 2.75) is 6.54 Å². The molecule has 0 aliphatic heterocycles. The van der Waals surface area contributed by atoms with Gasteiger partial charge in [0.15, 0.2) is 11.3 Å². The highest BCUT2D eigenvalue weighted by Crippen LogP contribution is 2.26. The minimum atomic E-state index is -0.370. The molecule has 2 N–H and O–H groups in total. The van der Waals surface area contributed by atoms with Gasteiger partial charge in [0.1, 0.15) is 5.82 Å². The topological polar surface area (TPSA) is 91.2 Å². The summed E-state index contributed by atoms with van der Waals surface area (Å²) in [6.45, 7) is 0.683. The summed E-state index contributed by atoms with van der Waals surface area (Å²) in [6, 6.07) is 20.8. The fourth-order valence-corrected chi connectivity index (χ4v) is 3.73. The summed E-state index contributed by atoms with van der Waals surface area (Å²) in [5.41, 5.74) is 4.06. The van der Waals surface area contributed by atoms with Crippen LogP contribution in [0.2, 0.25) is 5.02 Å². The van der Waals surface area contributed by atoms with Crippen molar-refractivity contribution in [2.75, 3.05) is 17.3 Å². The first-order chi connectivity index (χ1) is 16.1. The second-order valence-electron chi connectivity index (χ2n) is 7.56. The average molecular weight is 458 g/mol. The Morgan fingerprint density at radius 1 is 1.12 bits per heavy atom. The SMILES string of the molecule is CN(Cc1ccccc1)c1cc(-c2cn[nH]c2)n2nc(C(=O)Nc3ccccc3Cl)cc2n1. The van der Waals surface area contributed by atoms with Crippen LogP contribution in [-0.2, 0) is 6.54 Å². The largest absolute Gasteiger partial charge is 0.355 e. The minimum Gasteiger partial charge on any atom is -0.355 e. The third kappa shape index (κ3) is 4.28. The summed E-state index contributed by atoms with van der Waals surface area (Å²) in [5.74, 6) is 0.381. The Morgan fingerprint density at radius 3 is 2.67 bits per heavy atom. The van der Waals surface area contributed by atoms with E-state index in [-0.39, 0.29) is 11.6 Å². The molecule has 1 amide bonds. The van der Waals surface area contributed by atoms with Crippen LogP contribution in [0.4, 0.5) is 11.5 Å². The van der Waals surface area contributed by atoms with Gasteiger partial charge in [-0.05, 0) is 17.7 Å². The third-order valence-electron chi connectivity index (χ3n) is 5.22. The van der Waals surface area contributed by atoms with E-state index < -0.39 is 0 Å². The maximum absolute atomic E-state index is 12.9. The van der Waals surface area contributed by atoms with Crippen molar-refractivity contribution < 1.29 is 4.79 Å². The van der Waals surface area contributed by atoms with E-state index in [1.807, 2.05) is 31.3 Å². The highest BCUT2D eigenvalue weighted by atomic mass is 35.5. The molecule has 33 heavy (non-hydrogen) atoms. The van der Waals surface area contributed by atoms with E-state index in [0.717, 1.165) is 17.1 Å². The van der Waals surface area contributed by atoms with Crippen LogP contribution in [-0.4, -0.2) is 37.8 Å². The number of rotatable bonds is 6. The van der Waals surface area contributed by atoms with Gasteiger partial charge in [0.25, 0.3) is 5.91 Å². The maximum atomic E-state index is 12.9. The molecule has 8 nitrogen and oxygen atoms in total. The number of benzene rings is 2. The molecule has 0 aliphatic carbocycles. The molecule has 0 saturated heterocycles. The number of aromatic nitrogens is 5. The predicted octanol–water partition coefficient (Wildman–Crippen LogP) is 4.66. The highest BCUT2D eigenvalue weighted by molar-refractivity contribution is 6.33. The molecular formula is C24H20ClN7O. The number of fused-ring (bicyclic) bond motifs is 1. The Bertz CT molecular complexity index is 1410. The molecule has 0 atom stereocenters.